The van der Waals surface area contributed by atoms with Gasteiger partial charge in [-0.1, -0.05) is 12.1 Å². The fraction of sp³-hybridized carbons (Fsp3) is 0.647. The molecule has 1 aromatic rings. The van der Waals surface area contributed by atoms with E-state index in [9.17, 15) is 13.5 Å². The second-order valence-electron chi connectivity index (χ2n) is 6.73. The Hall–Kier alpha value is -1.11. The summed E-state index contributed by atoms with van der Waals surface area (Å²) in [7, 11) is -1.16. The van der Waals surface area contributed by atoms with E-state index in [2.05, 4.69) is 11.0 Å². The van der Waals surface area contributed by atoms with Gasteiger partial charge in [-0.15, -0.1) is 0 Å². The van der Waals surface area contributed by atoms with Crippen molar-refractivity contribution in [2.75, 3.05) is 31.7 Å². The number of rotatable bonds is 4. The zero-order chi connectivity index (χ0) is 16.4. The number of hydrogen-bond acceptors (Lipinski definition) is 5. The number of sulfone groups is 1. The summed E-state index contributed by atoms with van der Waals surface area (Å²) in [6.45, 7) is 1.51. The molecule has 3 rings (SSSR count). The van der Waals surface area contributed by atoms with E-state index < -0.39 is 9.84 Å². The van der Waals surface area contributed by atoms with Gasteiger partial charge in [0.05, 0.1) is 24.7 Å². The van der Waals surface area contributed by atoms with Crippen molar-refractivity contribution in [3.8, 4) is 5.75 Å². The van der Waals surface area contributed by atoms with Gasteiger partial charge < -0.3 is 9.84 Å². The molecule has 0 saturated carbocycles. The van der Waals surface area contributed by atoms with Gasteiger partial charge in [0, 0.05) is 19.1 Å². The number of ether oxygens (including phenoxy) is 1. The first kappa shape index (κ1) is 16.7. The third-order valence-electron chi connectivity index (χ3n) is 5.03. The van der Waals surface area contributed by atoms with Gasteiger partial charge in [-0.3, -0.25) is 4.90 Å². The van der Waals surface area contributed by atoms with Gasteiger partial charge in [0.2, 0.25) is 0 Å². The van der Waals surface area contributed by atoms with Gasteiger partial charge >= 0.3 is 0 Å². The number of nitrogens with zero attached hydrogens (tertiary/aromatic N) is 1. The van der Waals surface area contributed by atoms with Crippen molar-refractivity contribution >= 4 is 9.84 Å². The molecular weight excluding hydrogens is 314 g/mol. The van der Waals surface area contributed by atoms with Gasteiger partial charge in [0.25, 0.3) is 0 Å². The van der Waals surface area contributed by atoms with Crippen molar-refractivity contribution in [2.24, 2.45) is 5.92 Å². The average Bonchev–Trinajstić information content (AvgIpc) is 2.90. The third kappa shape index (κ3) is 4.05. The Labute approximate surface area is 138 Å². The topological polar surface area (TPSA) is 66.8 Å². The van der Waals surface area contributed by atoms with Crippen LogP contribution in [-0.2, 0) is 9.84 Å². The van der Waals surface area contributed by atoms with Gasteiger partial charge in [0.1, 0.15) is 15.6 Å². The molecule has 0 amide bonds. The SMILES string of the molecule is COc1cccc([C@@H]2C[C@H](O)CN2CC2CCS(=O)(=O)CC2)c1. The molecule has 2 aliphatic heterocycles. The summed E-state index contributed by atoms with van der Waals surface area (Å²) in [5, 5.41) is 10.1. The van der Waals surface area contributed by atoms with E-state index in [4.69, 9.17) is 4.74 Å². The molecule has 6 heteroatoms. The highest BCUT2D eigenvalue weighted by atomic mass is 32.2. The third-order valence-corrected chi connectivity index (χ3v) is 6.74. The van der Waals surface area contributed by atoms with Gasteiger partial charge in [-0.25, -0.2) is 8.42 Å². The number of methoxy groups -OCH3 is 1. The zero-order valence-corrected chi connectivity index (χ0v) is 14.3. The Bertz CT molecular complexity index is 632. The Kier molecular flexibility index (Phi) is 4.94. The highest BCUT2D eigenvalue weighted by Crippen LogP contribution is 2.35. The molecule has 1 N–H and O–H groups in total. The molecule has 2 heterocycles. The summed E-state index contributed by atoms with van der Waals surface area (Å²) in [4.78, 5) is 2.31. The minimum absolute atomic E-state index is 0.179. The lowest BCUT2D eigenvalue weighted by atomic mass is 9.99. The van der Waals surface area contributed by atoms with Crippen LogP contribution in [0.1, 0.15) is 30.9 Å². The molecule has 5 nitrogen and oxygen atoms in total. The Morgan fingerprint density at radius 2 is 2.04 bits per heavy atom. The van der Waals surface area contributed by atoms with Crippen LogP contribution in [0.2, 0.25) is 0 Å². The molecule has 2 fully saturated rings. The molecule has 0 bridgehead atoms. The molecule has 1 aromatic carbocycles. The van der Waals surface area contributed by atoms with Crippen molar-refractivity contribution in [3.05, 3.63) is 29.8 Å². The lowest BCUT2D eigenvalue weighted by Crippen LogP contribution is -2.34. The zero-order valence-electron chi connectivity index (χ0n) is 13.5. The molecule has 2 atom stereocenters. The number of β-amino-alcohol motifs (C(OH)–C–C–N with tert-alkyl or cyclic N) is 1. The maximum atomic E-state index is 11.6. The number of hydrogen-bond donors (Lipinski definition) is 1. The standard InChI is InChI=1S/C17H25NO4S/c1-22-16-4-2-3-14(9-16)17-10-15(19)12-18(17)11-13-5-7-23(20,21)8-6-13/h2-4,9,13,15,17,19H,5-8,10-12H2,1H3/t15-,17-/m0/s1. The molecule has 2 aliphatic rings. The lowest BCUT2D eigenvalue weighted by molar-refractivity contribution is 0.163. The van der Waals surface area contributed by atoms with E-state index in [1.54, 1.807) is 7.11 Å². The van der Waals surface area contributed by atoms with E-state index in [0.29, 0.717) is 24.0 Å². The Morgan fingerprint density at radius 3 is 2.74 bits per heavy atom. The monoisotopic (exact) mass is 339 g/mol. The lowest BCUT2D eigenvalue weighted by Gasteiger charge is -2.31. The summed E-state index contributed by atoms with van der Waals surface area (Å²) in [5.74, 6) is 1.83. The largest absolute Gasteiger partial charge is 0.497 e. The van der Waals surface area contributed by atoms with Crippen LogP contribution in [0.4, 0.5) is 0 Å². The Balaban J connectivity index is 1.70. The average molecular weight is 339 g/mol. The van der Waals surface area contributed by atoms with Crippen molar-refractivity contribution in [2.45, 2.75) is 31.4 Å². The fourth-order valence-electron chi connectivity index (χ4n) is 3.73. The fourth-order valence-corrected chi connectivity index (χ4v) is 5.32. The van der Waals surface area contributed by atoms with Crippen LogP contribution in [-0.4, -0.2) is 56.2 Å². The van der Waals surface area contributed by atoms with E-state index in [0.717, 1.165) is 37.1 Å². The van der Waals surface area contributed by atoms with Crippen LogP contribution in [0.25, 0.3) is 0 Å². The first-order valence-electron chi connectivity index (χ1n) is 8.23. The second-order valence-corrected chi connectivity index (χ2v) is 9.03. The van der Waals surface area contributed by atoms with Crippen LogP contribution in [0, 0.1) is 5.92 Å². The molecule has 23 heavy (non-hydrogen) atoms. The molecule has 128 valence electrons. The van der Waals surface area contributed by atoms with Crippen molar-refractivity contribution in [1.29, 1.82) is 0 Å². The minimum atomic E-state index is -2.82. The highest BCUT2D eigenvalue weighted by molar-refractivity contribution is 7.91. The highest BCUT2D eigenvalue weighted by Gasteiger charge is 2.34. The van der Waals surface area contributed by atoms with Crippen molar-refractivity contribution < 1.29 is 18.3 Å². The van der Waals surface area contributed by atoms with E-state index >= 15 is 0 Å². The van der Waals surface area contributed by atoms with Crippen LogP contribution in [0.15, 0.2) is 24.3 Å². The summed E-state index contributed by atoms with van der Waals surface area (Å²) in [5.41, 5.74) is 1.16. The number of aliphatic hydroxyl groups excluding tert-OH is 1. The van der Waals surface area contributed by atoms with Crippen LogP contribution < -0.4 is 4.74 Å². The first-order valence-corrected chi connectivity index (χ1v) is 10.1. The summed E-state index contributed by atoms with van der Waals surface area (Å²) in [6, 6.07) is 8.18. The van der Waals surface area contributed by atoms with Gasteiger partial charge in [-0.05, 0) is 42.9 Å². The molecule has 2 saturated heterocycles. The minimum Gasteiger partial charge on any atom is -0.497 e. The van der Waals surface area contributed by atoms with Crippen molar-refractivity contribution in [3.63, 3.8) is 0 Å². The summed E-state index contributed by atoms with van der Waals surface area (Å²) in [6.07, 6.45) is 1.87. The summed E-state index contributed by atoms with van der Waals surface area (Å²) >= 11 is 0. The van der Waals surface area contributed by atoms with Crippen LogP contribution in [0.5, 0.6) is 5.75 Å². The summed E-state index contributed by atoms with van der Waals surface area (Å²) < 4.78 is 28.5. The van der Waals surface area contributed by atoms with Crippen LogP contribution >= 0.6 is 0 Å². The van der Waals surface area contributed by atoms with Gasteiger partial charge in [-0.2, -0.15) is 0 Å². The number of benzene rings is 1. The number of likely N-dealkylation sites (tertiary alicyclic amines) is 1. The predicted octanol–water partition coefficient (Wildman–Crippen LogP) is 1.63. The predicted molar refractivity (Wildman–Crippen MR) is 89.3 cm³/mol. The number of aliphatic hydroxyl groups is 1. The maximum absolute atomic E-state index is 11.6. The molecule has 0 aromatic heterocycles. The van der Waals surface area contributed by atoms with E-state index in [1.165, 1.54) is 0 Å². The van der Waals surface area contributed by atoms with Gasteiger partial charge in [0.15, 0.2) is 0 Å². The van der Waals surface area contributed by atoms with Crippen molar-refractivity contribution in [1.82, 2.24) is 4.90 Å². The quantitative estimate of drug-likeness (QED) is 0.903. The first-order chi connectivity index (χ1) is 11.0. The van der Waals surface area contributed by atoms with E-state index in [-0.39, 0.29) is 12.1 Å². The smallest absolute Gasteiger partial charge is 0.150 e. The molecule has 0 radical (unpaired) electrons. The molecule has 0 aliphatic carbocycles. The van der Waals surface area contributed by atoms with E-state index in [1.807, 2.05) is 18.2 Å². The molecule has 0 spiro atoms. The van der Waals surface area contributed by atoms with Crippen LogP contribution in [0.3, 0.4) is 0 Å². The Morgan fingerprint density at radius 1 is 1.30 bits per heavy atom. The molecular formula is C17H25NO4S. The normalized spacial score (nSPS) is 28.8. The maximum Gasteiger partial charge on any atom is 0.150 e. The molecule has 0 unspecified atom stereocenters. The second kappa shape index (κ2) is 6.79.